The lowest BCUT2D eigenvalue weighted by molar-refractivity contribution is -0.862. The van der Waals surface area contributed by atoms with E-state index in [1.165, 1.54) is 19.2 Å². The van der Waals surface area contributed by atoms with Crippen LogP contribution in [0.4, 0.5) is 28.9 Å². The lowest BCUT2D eigenvalue weighted by atomic mass is 10.2. The first kappa shape index (κ1) is 20.7. The van der Waals surface area contributed by atoms with Crippen molar-refractivity contribution in [2.45, 2.75) is 0 Å². The first-order chi connectivity index (χ1) is 12.7. The molecule has 2 aromatic rings. The molecule has 2 amide bonds. The molecule has 0 aliphatic rings. The number of rotatable bonds is 6. The Morgan fingerprint density at radius 2 is 1.44 bits per heavy atom. The van der Waals surface area contributed by atoms with Crippen LogP contribution < -0.4 is 15.5 Å². The van der Waals surface area contributed by atoms with Crippen LogP contribution in [0.15, 0.2) is 30.3 Å². The molecule has 1 atom stereocenters. The molecule has 27 heavy (non-hydrogen) atoms. The van der Waals surface area contributed by atoms with E-state index in [1.54, 1.807) is 0 Å². The number of amides is 2. The minimum atomic E-state index is -1.70. The molecule has 0 aromatic heterocycles. The maximum Gasteiger partial charge on any atom is 0.279 e. The molecule has 0 radical (unpaired) electrons. The van der Waals surface area contributed by atoms with Crippen LogP contribution in [0.1, 0.15) is 0 Å². The molecule has 0 spiro atoms. The van der Waals surface area contributed by atoms with E-state index < -0.39 is 40.8 Å². The van der Waals surface area contributed by atoms with E-state index in [0.29, 0.717) is 11.0 Å². The number of carbonyl (C=O) groups excluding carboxylic acids is 2. The Labute approximate surface area is 156 Å². The molecule has 0 aliphatic carbocycles. The van der Waals surface area contributed by atoms with Gasteiger partial charge >= 0.3 is 0 Å². The normalized spacial score (nSPS) is 11.8. The summed E-state index contributed by atoms with van der Waals surface area (Å²) < 4.78 is 53.2. The lowest BCUT2D eigenvalue weighted by Gasteiger charge is -2.14. The van der Waals surface area contributed by atoms with Crippen LogP contribution in [0.2, 0.25) is 5.02 Å². The van der Waals surface area contributed by atoms with Gasteiger partial charge in [0, 0.05) is 5.02 Å². The SMILES string of the molecule is C[NH+](CC(=O)Nc1ccc(Cl)cc1F)CC(=O)Nc1ccc(F)c(F)c1F. The molecule has 5 nitrogen and oxygen atoms in total. The molecule has 0 fully saturated rings. The van der Waals surface area contributed by atoms with Gasteiger partial charge in [-0.25, -0.2) is 17.6 Å². The summed E-state index contributed by atoms with van der Waals surface area (Å²) in [6, 6.07) is 5.30. The second-order valence-corrected chi connectivity index (χ2v) is 6.19. The smallest absolute Gasteiger partial charge is 0.279 e. The van der Waals surface area contributed by atoms with Crippen LogP contribution in [-0.4, -0.2) is 32.0 Å². The van der Waals surface area contributed by atoms with Crippen LogP contribution in [0.25, 0.3) is 0 Å². The quantitative estimate of drug-likeness (QED) is 0.509. The standard InChI is InChI=1S/C17H14ClF4N3O2/c1-25(7-14(26)23-12-4-2-9(18)6-11(12)20)8-15(27)24-13-5-3-10(19)16(21)17(13)22/h2-6H,7-8H2,1H3,(H,23,26)(H,24,27)/p+1. The van der Waals surface area contributed by atoms with Crippen molar-refractivity contribution in [2.75, 3.05) is 30.8 Å². The van der Waals surface area contributed by atoms with Crippen LogP contribution in [-0.2, 0) is 9.59 Å². The van der Waals surface area contributed by atoms with Gasteiger partial charge in [0.2, 0.25) is 0 Å². The first-order valence-corrected chi connectivity index (χ1v) is 8.04. The molecule has 0 aliphatic heterocycles. The second kappa shape index (κ2) is 8.83. The van der Waals surface area contributed by atoms with E-state index in [1.807, 2.05) is 0 Å². The zero-order valence-electron chi connectivity index (χ0n) is 14.0. The van der Waals surface area contributed by atoms with E-state index in [0.717, 1.165) is 12.1 Å². The predicted octanol–water partition coefficient (Wildman–Crippen LogP) is 1.99. The van der Waals surface area contributed by atoms with Crippen molar-refractivity contribution in [1.29, 1.82) is 0 Å². The molecule has 144 valence electrons. The van der Waals surface area contributed by atoms with Crippen LogP contribution in [0, 0.1) is 23.3 Å². The highest BCUT2D eigenvalue weighted by Crippen LogP contribution is 2.19. The summed E-state index contributed by atoms with van der Waals surface area (Å²) in [6.07, 6.45) is 0. The summed E-state index contributed by atoms with van der Waals surface area (Å²) in [5.74, 6) is -6.59. The predicted molar refractivity (Wildman–Crippen MR) is 91.6 cm³/mol. The number of nitrogens with one attached hydrogen (secondary N) is 3. The number of carbonyl (C=O) groups is 2. The lowest BCUT2D eigenvalue weighted by Crippen LogP contribution is -3.11. The number of anilines is 2. The molecule has 10 heteroatoms. The van der Waals surface area contributed by atoms with Gasteiger partial charge in [0.15, 0.2) is 30.5 Å². The van der Waals surface area contributed by atoms with Gasteiger partial charge in [-0.2, -0.15) is 0 Å². The van der Waals surface area contributed by atoms with Crippen LogP contribution >= 0.6 is 11.6 Å². The molecule has 2 rings (SSSR count). The Hall–Kier alpha value is -2.65. The highest BCUT2D eigenvalue weighted by atomic mass is 35.5. The fourth-order valence-corrected chi connectivity index (χ4v) is 2.37. The van der Waals surface area contributed by atoms with Gasteiger partial charge in [-0.15, -0.1) is 0 Å². The van der Waals surface area contributed by atoms with Crippen LogP contribution in [0.5, 0.6) is 0 Å². The fraction of sp³-hybridized carbons (Fsp3) is 0.176. The molecule has 2 aromatic carbocycles. The maximum atomic E-state index is 13.6. The largest absolute Gasteiger partial charge is 0.322 e. The Kier molecular flexibility index (Phi) is 6.75. The van der Waals surface area contributed by atoms with Crippen molar-refractivity contribution < 1.29 is 32.1 Å². The maximum absolute atomic E-state index is 13.6. The number of hydrogen-bond acceptors (Lipinski definition) is 2. The minimum Gasteiger partial charge on any atom is -0.322 e. The minimum absolute atomic E-state index is 0.0643. The van der Waals surface area contributed by atoms with Crippen LogP contribution in [0.3, 0.4) is 0 Å². The second-order valence-electron chi connectivity index (χ2n) is 5.75. The molecular formula is C17H15ClF4N3O2+. The number of quaternary nitrogens is 1. The Bertz CT molecular complexity index is 879. The monoisotopic (exact) mass is 404 g/mol. The van der Waals surface area contributed by atoms with Crippen molar-refractivity contribution in [3.05, 3.63) is 58.6 Å². The van der Waals surface area contributed by atoms with Gasteiger partial charge in [-0.3, -0.25) is 9.59 Å². The molecule has 1 unspecified atom stereocenters. The average molecular weight is 405 g/mol. The number of likely N-dealkylation sites (N-methyl/N-ethyl adjacent to an activating group) is 1. The van der Waals surface area contributed by atoms with Gasteiger partial charge in [0.1, 0.15) is 5.82 Å². The molecule has 3 N–H and O–H groups in total. The van der Waals surface area contributed by atoms with E-state index in [2.05, 4.69) is 10.6 Å². The molecule has 0 bridgehead atoms. The highest BCUT2D eigenvalue weighted by Gasteiger charge is 2.19. The first-order valence-electron chi connectivity index (χ1n) is 7.67. The molecule has 0 saturated heterocycles. The zero-order valence-corrected chi connectivity index (χ0v) is 14.8. The number of hydrogen-bond donors (Lipinski definition) is 3. The summed E-state index contributed by atoms with van der Waals surface area (Å²) in [4.78, 5) is 24.2. The third kappa shape index (κ3) is 5.66. The van der Waals surface area contributed by atoms with Crippen molar-refractivity contribution in [3.63, 3.8) is 0 Å². The van der Waals surface area contributed by atoms with Gasteiger partial charge < -0.3 is 15.5 Å². The summed E-state index contributed by atoms with van der Waals surface area (Å²) in [7, 11) is 1.50. The Morgan fingerprint density at radius 3 is 2.04 bits per heavy atom. The van der Waals surface area contributed by atoms with E-state index in [4.69, 9.17) is 11.6 Å². The van der Waals surface area contributed by atoms with Crippen molar-refractivity contribution in [1.82, 2.24) is 0 Å². The van der Waals surface area contributed by atoms with Gasteiger partial charge in [-0.1, -0.05) is 11.6 Å². The Balaban J connectivity index is 1.89. The summed E-state index contributed by atoms with van der Waals surface area (Å²) in [5, 5.41) is 4.61. The average Bonchev–Trinajstić information content (AvgIpc) is 2.57. The summed E-state index contributed by atoms with van der Waals surface area (Å²) in [5.41, 5.74) is -0.579. The number of benzene rings is 2. The van der Waals surface area contributed by atoms with Gasteiger partial charge in [-0.05, 0) is 30.3 Å². The van der Waals surface area contributed by atoms with Crippen molar-refractivity contribution >= 4 is 34.8 Å². The molecule has 0 heterocycles. The topological polar surface area (TPSA) is 62.6 Å². The van der Waals surface area contributed by atoms with E-state index >= 15 is 0 Å². The molecule has 0 saturated carbocycles. The zero-order chi connectivity index (χ0) is 20.1. The third-order valence-corrected chi connectivity index (χ3v) is 3.67. The van der Waals surface area contributed by atoms with Gasteiger partial charge in [0.25, 0.3) is 11.8 Å². The highest BCUT2D eigenvalue weighted by molar-refractivity contribution is 6.30. The summed E-state index contributed by atoms with van der Waals surface area (Å²) in [6.45, 7) is -0.468. The molecular weight excluding hydrogens is 390 g/mol. The van der Waals surface area contributed by atoms with Crippen molar-refractivity contribution in [3.8, 4) is 0 Å². The Morgan fingerprint density at radius 1 is 0.889 bits per heavy atom. The third-order valence-electron chi connectivity index (χ3n) is 3.44. The summed E-state index contributed by atoms with van der Waals surface area (Å²) >= 11 is 5.62. The fourth-order valence-electron chi connectivity index (χ4n) is 2.21. The number of halogens is 5. The van der Waals surface area contributed by atoms with E-state index in [9.17, 15) is 27.2 Å². The van der Waals surface area contributed by atoms with E-state index in [-0.39, 0.29) is 23.8 Å². The van der Waals surface area contributed by atoms with Gasteiger partial charge in [0.05, 0.1) is 18.4 Å². The van der Waals surface area contributed by atoms with Crippen molar-refractivity contribution in [2.24, 2.45) is 0 Å².